The van der Waals surface area contributed by atoms with Crippen LogP contribution in [0.25, 0.3) is 6.08 Å². The van der Waals surface area contributed by atoms with Crippen molar-refractivity contribution in [1.82, 2.24) is 0 Å². The van der Waals surface area contributed by atoms with Crippen LogP contribution in [0.5, 0.6) is 0 Å². The van der Waals surface area contributed by atoms with E-state index in [9.17, 15) is 4.79 Å². The van der Waals surface area contributed by atoms with E-state index in [-0.39, 0.29) is 5.57 Å². The Balaban J connectivity index is 0. The molecule has 0 bridgehead atoms. The van der Waals surface area contributed by atoms with Crippen molar-refractivity contribution < 1.29 is 23.2 Å². The Labute approximate surface area is 139 Å². The molecule has 0 fully saturated rings. The van der Waals surface area contributed by atoms with E-state index in [1.54, 1.807) is 27.0 Å². The minimum atomic E-state index is -2.43. The summed E-state index contributed by atoms with van der Waals surface area (Å²) in [4.78, 5) is 9.60. The molecule has 0 atom stereocenters. The van der Waals surface area contributed by atoms with Crippen LogP contribution >= 0.6 is 0 Å². The lowest BCUT2D eigenvalue weighted by molar-refractivity contribution is -0.132. The first-order chi connectivity index (χ1) is 10.8. The summed E-state index contributed by atoms with van der Waals surface area (Å²) in [5.74, 6) is -0.935. The first kappa shape index (κ1) is 23.3. The van der Waals surface area contributed by atoms with Crippen molar-refractivity contribution in [3.8, 4) is 0 Å². The first-order valence-electron chi connectivity index (χ1n) is 6.67. The SMILES string of the molecule is C=C(C)C(=O)O.C=C[Si](OC)(OC)OC.C=Cc1ccccc1. The molecule has 0 aromatic heterocycles. The van der Waals surface area contributed by atoms with Crippen molar-refractivity contribution in [2.45, 2.75) is 6.92 Å². The van der Waals surface area contributed by atoms with E-state index in [0.29, 0.717) is 0 Å². The van der Waals surface area contributed by atoms with Crippen LogP contribution < -0.4 is 0 Å². The van der Waals surface area contributed by atoms with Crippen LogP contribution in [-0.2, 0) is 18.1 Å². The van der Waals surface area contributed by atoms with Crippen molar-refractivity contribution in [3.63, 3.8) is 0 Å². The van der Waals surface area contributed by atoms with Gasteiger partial charge < -0.3 is 18.4 Å². The van der Waals surface area contributed by atoms with Gasteiger partial charge in [0.05, 0.1) is 0 Å². The van der Waals surface area contributed by atoms with Crippen LogP contribution in [0.4, 0.5) is 0 Å². The summed E-state index contributed by atoms with van der Waals surface area (Å²) in [5, 5.41) is 7.89. The van der Waals surface area contributed by atoms with Gasteiger partial charge in [-0.25, -0.2) is 4.79 Å². The zero-order valence-corrected chi connectivity index (χ0v) is 15.2. The van der Waals surface area contributed by atoms with E-state index in [1.165, 1.54) is 12.5 Å². The fourth-order valence-electron chi connectivity index (χ4n) is 1.09. The quantitative estimate of drug-likeness (QED) is 0.634. The highest BCUT2D eigenvalue weighted by molar-refractivity contribution is 6.66. The lowest BCUT2D eigenvalue weighted by Crippen LogP contribution is -2.40. The summed E-state index contributed by atoms with van der Waals surface area (Å²) in [7, 11) is 2.20. The number of rotatable bonds is 6. The van der Waals surface area contributed by atoms with E-state index in [0.717, 1.165) is 0 Å². The van der Waals surface area contributed by atoms with Gasteiger partial charge in [-0.2, -0.15) is 0 Å². The number of aliphatic carboxylic acids is 1. The Kier molecular flexibility index (Phi) is 13.8. The van der Waals surface area contributed by atoms with Crippen LogP contribution in [0.2, 0.25) is 0 Å². The van der Waals surface area contributed by atoms with Crippen molar-refractivity contribution in [2.75, 3.05) is 21.3 Å². The Morgan fingerprint density at radius 3 is 1.61 bits per heavy atom. The second-order valence-electron chi connectivity index (χ2n) is 4.12. The molecular weight excluding hydrogens is 312 g/mol. The first-order valence-corrected chi connectivity index (χ1v) is 8.48. The molecule has 1 aromatic carbocycles. The summed E-state index contributed by atoms with van der Waals surface area (Å²) in [6.45, 7) is 11.8. The van der Waals surface area contributed by atoms with Gasteiger partial charge in [-0.15, -0.1) is 0 Å². The van der Waals surface area contributed by atoms with Gasteiger partial charge >= 0.3 is 14.8 Å². The Morgan fingerprint density at radius 1 is 1.09 bits per heavy atom. The van der Waals surface area contributed by atoms with Crippen molar-refractivity contribution in [2.24, 2.45) is 0 Å². The zero-order chi connectivity index (χ0) is 18.3. The van der Waals surface area contributed by atoms with Gasteiger partial charge in [0.2, 0.25) is 0 Å². The van der Waals surface area contributed by atoms with E-state index < -0.39 is 14.8 Å². The largest absolute Gasteiger partial charge is 0.528 e. The Morgan fingerprint density at radius 2 is 1.48 bits per heavy atom. The predicted molar refractivity (Wildman–Crippen MR) is 96.0 cm³/mol. The molecule has 1 N–H and O–H groups in total. The van der Waals surface area contributed by atoms with Crippen molar-refractivity contribution in [1.29, 1.82) is 0 Å². The fourth-order valence-corrected chi connectivity index (χ4v) is 2.09. The number of hydrogen-bond donors (Lipinski definition) is 1. The Bertz CT molecular complexity index is 461. The molecule has 0 amide bonds. The molecule has 5 nitrogen and oxygen atoms in total. The third-order valence-corrected chi connectivity index (χ3v) is 4.71. The van der Waals surface area contributed by atoms with Crippen LogP contribution in [0, 0.1) is 0 Å². The molecule has 128 valence electrons. The van der Waals surface area contributed by atoms with Gasteiger partial charge in [0, 0.05) is 26.9 Å². The molecule has 1 rings (SSSR count). The maximum absolute atomic E-state index is 9.60. The third kappa shape index (κ3) is 11.3. The number of benzene rings is 1. The van der Waals surface area contributed by atoms with E-state index in [2.05, 4.69) is 19.7 Å². The molecule has 0 unspecified atom stereocenters. The molecule has 0 saturated carbocycles. The Hall–Kier alpha value is -1.99. The third-order valence-electron chi connectivity index (χ3n) is 2.50. The summed E-state index contributed by atoms with van der Waals surface area (Å²) in [6.07, 6.45) is 1.83. The molecule has 0 heterocycles. The van der Waals surface area contributed by atoms with Gasteiger partial charge in [-0.05, 0) is 18.2 Å². The smallest absolute Gasteiger partial charge is 0.478 e. The van der Waals surface area contributed by atoms with E-state index in [1.807, 2.05) is 36.4 Å². The van der Waals surface area contributed by atoms with Gasteiger partial charge in [0.1, 0.15) is 0 Å². The molecule has 0 aliphatic carbocycles. The van der Waals surface area contributed by atoms with Gasteiger partial charge in [-0.1, -0.05) is 56.1 Å². The molecule has 0 aliphatic heterocycles. The molecule has 0 spiro atoms. The zero-order valence-electron chi connectivity index (χ0n) is 14.2. The summed E-state index contributed by atoms with van der Waals surface area (Å²) >= 11 is 0. The average Bonchev–Trinajstić information content (AvgIpc) is 2.59. The summed E-state index contributed by atoms with van der Waals surface area (Å²) in [5.41, 5.74) is 2.93. The second-order valence-corrected chi connectivity index (χ2v) is 6.96. The van der Waals surface area contributed by atoms with E-state index in [4.69, 9.17) is 18.4 Å². The lowest BCUT2D eigenvalue weighted by Gasteiger charge is -2.19. The topological polar surface area (TPSA) is 65.0 Å². The minimum absolute atomic E-state index is 0.176. The van der Waals surface area contributed by atoms with Crippen molar-refractivity contribution >= 4 is 20.8 Å². The highest BCUT2D eigenvalue weighted by Crippen LogP contribution is 2.05. The van der Waals surface area contributed by atoms with Crippen molar-refractivity contribution in [3.05, 3.63) is 66.9 Å². The summed E-state index contributed by atoms with van der Waals surface area (Å²) in [6, 6.07) is 10.0. The number of hydrogen-bond acceptors (Lipinski definition) is 4. The van der Waals surface area contributed by atoms with Crippen LogP contribution in [0.15, 0.2) is 61.3 Å². The molecule has 0 radical (unpaired) electrons. The number of carbonyl (C=O) groups is 1. The number of carboxylic acid groups (broad SMARTS) is 1. The van der Waals surface area contributed by atoms with Gasteiger partial charge in [-0.3, -0.25) is 0 Å². The summed E-state index contributed by atoms with van der Waals surface area (Å²) < 4.78 is 14.9. The lowest BCUT2D eigenvalue weighted by atomic mass is 10.2. The average molecular weight is 338 g/mol. The maximum Gasteiger partial charge on any atom is 0.528 e. The molecule has 6 heteroatoms. The molecule has 0 saturated heterocycles. The molecular formula is C17H26O5Si. The molecule has 23 heavy (non-hydrogen) atoms. The maximum atomic E-state index is 9.60. The molecule has 1 aromatic rings. The fraction of sp³-hybridized carbons (Fsp3) is 0.235. The molecule has 0 aliphatic rings. The minimum Gasteiger partial charge on any atom is -0.478 e. The van der Waals surface area contributed by atoms with Gasteiger partial charge in [0.25, 0.3) is 0 Å². The van der Waals surface area contributed by atoms with Crippen LogP contribution in [0.1, 0.15) is 12.5 Å². The number of carboxylic acids is 1. The van der Waals surface area contributed by atoms with Crippen LogP contribution in [0.3, 0.4) is 0 Å². The predicted octanol–water partition coefficient (Wildman–Crippen LogP) is 3.57. The van der Waals surface area contributed by atoms with Gasteiger partial charge in [0.15, 0.2) is 0 Å². The van der Waals surface area contributed by atoms with E-state index >= 15 is 0 Å². The highest BCUT2D eigenvalue weighted by Gasteiger charge is 2.33. The monoisotopic (exact) mass is 338 g/mol. The second kappa shape index (κ2) is 13.7. The standard InChI is InChI=1S/C8H8.C5H12O3Si.C4H6O2/c1-2-8-6-4-3-5-7-8;1-5-9(6-2,7-3)8-4;1-3(2)4(5)6/h2-7H,1H2;5H,1H2,2-4H3;1H2,2H3,(H,5,6). The van der Waals surface area contributed by atoms with Crippen LogP contribution in [-0.4, -0.2) is 41.2 Å². The highest BCUT2D eigenvalue weighted by atomic mass is 28.4. The normalized spacial score (nSPS) is 9.39.